The number of aliphatic hydroxyl groups excluding tert-OH is 3. The Hall–Kier alpha value is -5.29. The number of phenolic OH excluding ortho intramolecular Hbond substituents is 1. The Balaban J connectivity index is 1.57. The molecule has 0 saturated carbocycles. The van der Waals surface area contributed by atoms with E-state index < -0.39 is 72.0 Å². The van der Waals surface area contributed by atoms with Gasteiger partial charge in [0.15, 0.2) is 17.7 Å². The number of benzene rings is 4. The molecule has 6 rings (SSSR count). The predicted molar refractivity (Wildman–Crippen MR) is 189 cm³/mol. The number of hydrogen-bond donors (Lipinski definition) is 8. The molecule has 53 heavy (non-hydrogen) atoms. The molecular weight excluding hydrogens is 688 g/mol. The van der Waals surface area contributed by atoms with Crippen LogP contribution in [0.5, 0.6) is 17.2 Å². The van der Waals surface area contributed by atoms with Crippen molar-refractivity contribution >= 4 is 29.7 Å². The molecule has 14 nitrogen and oxygen atoms in total. The maximum absolute atomic E-state index is 14.6. The first-order valence-electron chi connectivity index (χ1n) is 16.6. The van der Waals surface area contributed by atoms with Gasteiger partial charge in [-0.2, -0.15) is 0 Å². The Kier molecular flexibility index (Phi) is 10.3. The lowest BCUT2D eigenvalue weighted by Crippen LogP contribution is -2.67. The first kappa shape index (κ1) is 37.5. The lowest BCUT2D eigenvalue weighted by molar-refractivity contribution is -0.371. The van der Waals surface area contributed by atoms with E-state index in [2.05, 4.69) is 0 Å². The normalized spacial score (nSPS) is 20.7. The Labute approximate surface area is 303 Å². The van der Waals surface area contributed by atoms with E-state index in [1.54, 1.807) is 54.6 Å². The lowest BCUT2D eigenvalue weighted by atomic mass is 9.77. The first-order valence-corrected chi connectivity index (χ1v) is 16.6. The molecule has 1 aliphatic carbocycles. The number of nitrogens with two attached hydrogens (primary N) is 2. The number of ether oxygens (including phenoxy) is 3. The summed E-state index contributed by atoms with van der Waals surface area (Å²) in [6, 6.07) is 18.1. The fourth-order valence-corrected chi connectivity index (χ4v) is 6.54. The van der Waals surface area contributed by atoms with Crippen LogP contribution in [0.15, 0.2) is 66.7 Å². The van der Waals surface area contributed by atoms with Crippen molar-refractivity contribution in [2.75, 3.05) is 0 Å². The summed E-state index contributed by atoms with van der Waals surface area (Å²) in [6.45, 7) is 1.73. The van der Waals surface area contributed by atoms with Gasteiger partial charge >= 0.3 is 5.97 Å². The Morgan fingerprint density at radius 2 is 1.64 bits per heavy atom. The van der Waals surface area contributed by atoms with Crippen molar-refractivity contribution in [1.29, 1.82) is 0 Å². The number of rotatable bonds is 9. The summed E-state index contributed by atoms with van der Waals surface area (Å²) in [5.41, 5.74) is 12.2. The molecule has 0 radical (unpaired) electrons. The molecule has 10 N–H and O–H groups in total. The summed E-state index contributed by atoms with van der Waals surface area (Å²) >= 11 is 0. The number of aromatic hydroxyl groups is 1. The highest BCUT2D eigenvalue weighted by molar-refractivity contribution is 6.31. The number of esters is 1. The van der Waals surface area contributed by atoms with Gasteiger partial charge in [0.2, 0.25) is 12.1 Å². The van der Waals surface area contributed by atoms with Crippen LogP contribution >= 0.6 is 0 Å². The molecule has 4 unspecified atom stereocenters. The van der Waals surface area contributed by atoms with E-state index in [0.717, 1.165) is 13.0 Å². The second-order valence-corrected chi connectivity index (χ2v) is 12.9. The van der Waals surface area contributed by atoms with Gasteiger partial charge in [-0.3, -0.25) is 14.4 Å². The van der Waals surface area contributed by atoms with Gasteiger partial charge in [0.1, 0.15) is 23.4 Å². The van der Waals surface area contributed by atoms with E-state index in [1.165, 1.54) is 19.1 Å². The summed E-state index contributed by atoms with van der Waals surface area (Å²) in [7, 11) is 0. The van der Waals surface area contributed by atoms with Crippen LogP contribution in [-0.2, 0) is 22.6 Å². The third kappa shape index (κ3) is 6.97. The SMILES string of the molecule is CC(=O)Oc1cc(CO)c2c(c1C=Cc1ccccc1)C(=O)c1cc(OC3OC(C)C(O)C(O)(O)C3O)c(Cc3cccc(C(N)N)c3)c(O)c1C2=O. The highest BCUT2D eigenvalue weighted by atomic mass is 16.7. The van der Waals surface area contributed by atoms with Gasteiger partial charge in [0.05, 0.1) is 24.4 Å². The second-order valence-electron chi connectivity index (χ2n) is 12.9. The third-order valence-electron chi connectivity index (χ3n) is 9.25. The zero-order chi connectivity index (χ0) is 38.4. The zero-order valence-corrected chi connectivity index (χ0v) is 28.6. The maximum atomic E-state index is 14.6. The number of carbonyl (C=O) groups is 3. The van der Waals surface area contributed by atoms with Gasteiger partial charge < -0.3 is 56.3 Å². The van der Waals surface area contributed by atoms with E-state index in [0.29, 0.717) is 16.7 Å². The smallest absolute Gasteiger partial charge is 0.308 e. The summed E-state index contributed by atoms with van der Waals surface area (Å²) in [5.74, 6) is -6.55. The molecule has 2 aliphatic rings. The standard InChI is InChI=1S/C39H38N2O12/c1-18-35(47)39(49,50)36(48)38(51-18)53-28-16-26-31(32(44)25(28)14-21-9-6-10-22(13-21)37(40)41)34(46)29-23(17-42)15-27(52-19(2)43)24(30(29)33(26)45)12-11-20-7-4-3-5-8-20/h3-13,15-16,18,35-38,42,44,47-50H,14,17,40-41H2,1-2H3. The molecule has 4 atom stereocenters. The van der Waals surface area contributed by atoms with Crippen LogP contribution in [0.25, 0.3) is 12.2 Å². The van der Waals surface area contributed by atoms with Crippen LogP contribution in [-0.4, -0.2) is 78.6 Å². The van der Waals surface area contributed by atoms with E-state index >= 15 is 0 Å². The predicted octanol–water partition coefficient (Wildman–Crippen LogP) is 1.79. The minimum Gasteiger partial charge on any atom is -0.507 e. The number of hydrogen-bond acceptors (Lipinski definition) is 14. The van der Waals surface area contributed by atoms with Crippen LogP contribution in [0, 0.1) is 0 Å². The van der Waals surface area contributed by atoms with Crippen molar-refractivity contribution in [2.45, 2.75) is 63.4 Å². The van der Waals surface area contributed by atoms with E-state index in [1.807, 2.05) is 6.07 Å². The van der Waals surface area contributed by atoms with Gasteiger partial charge in [-0.15, -0.1) is 0 Å². The van der Waals surface area contributed by atoms with Crippen molar-refractivity contribution < 1.29 is 59.2 Å². The monoisotopic (exact) mass is 726 g/mol. The number of aliphatic hydroxyl groups is 5. The maximum Gasteiger partial charge on any atom is 0.308 e. The molecule has 0 spiro atoms. The lowest BCUT2D eigenvalue weighted by Gasteiger charge is -2.44. The molecule has 4 aromatic rings. The van der Waals surface area contributed by atoms with Crippen molar-refractivity contribution in [1.82, 2.24) is 0 Å². The number of carbonyl (C=O) groups excluding carboxylic acids is 3. The second kappa shape index (κ2) is 14.6. The van der Waals surface area contributed by atoms with Crippen molar-refractivity contribution in [2.24, 2.45) is 11.5 Å². The molecule has 0 amide bonds. The van der Waals surface area contributed by atoms with Crippen molar-refractivity contribution in [3.8, 4) is 17.2 Å². The molecule has 4 aromatic carbocycles. The average molecular weight is 727 g/mol. The summed E-state index contributed by atoms with van der Waals surface area (Å²) in [5, 5.41) is 64.4. The van der Waals surface area contributed by atoms with Gasteiger partial charge in [-0.25, -0.2) is 0 Å². The summed E-state index contributed by atoms with van der Waals surface area (Å²) < 4.78 is 17.0. The summed E-state index contributed by atoms with van der Waals surface area (Å²) in [6.07, 6.45) is -5.17. The minimum atomic E-state index is -3.08. The van der Waals surface area contributed by atoms with Crippen LogP contribution in [0.1, 0.15) is 85.2 Å². The molecule has 0 bridgehead atoms. The van der Waals surface area contributed by atoms with Crippen LogP contribution in [0.3, 0.4) is 0 Å². The number of phenols is 1. The molecule has 1 heterocycles. The van der Waals surface area contributed by atoms with Crippen LogP contribution < -0.4 is 20.9 Å². The van der Waals surface area contributed by atoms with Crippen LogP contribution in [0.2, 0.25) is 0 Å². The minimum absolute atomic E-state index is 0.0421. The quantitative estimate of drug-likeness (QED) is 0.0467. The fraction of sp³-hybridized carbons (Fsp3) is 0.256. The Morgan fingerprint density at radius 1 is 0.925 bits per heavy atom. The van der Waals surface area contributed by atoms with E-state index in [-0.39, 0.29) is 51.3 Å². The van der Waals surface area contributed by atoms with Crippen LogP contribution in [0.4, 0.5) is 0 Å². The summed E-state index contributed by atoms with van der Waals surface area (Å²) in [4.78, 5) is 41.3. The molecule has 1 saturated heterocycles. The van der Waals surface area contributed by atoms with E-state index in [9.17, 15) is 45.0 Å². The average Bonchev–Trinajstić information content (AvgIpc) is 3.12. The number of ketones is 2. The topological polar surface area (TPSA) is 252 Å². The van der Waals surface area contributed by atoms with Gasteiger partial charge in [-0.1, -0.05) is 60.7 Å². The first-order chi connectivity index (χ1) is 25.1. The van der Waals surface area contributed by atoms with Gasteiger partial charge in [-0.05, 0) is 47.4 Å². The fourth-order valence-electron chi connectivity index (χ4n) is 6.54. The van der Waals surface area contributed by atoms with Gasteiger partial charge in [0, 0.05) is 41.2 Å². The number of fused-ring (bicyclic) bond motifs is 2. The Morgan fingerprint density at radius 3 is 2.30 bits per heavy atom. The molecule has 0 aromatic heterocycles. The molecule has 276 valence electrons. The highest BCUT2D eigenvalue weighted by Crippen LogP contribution is 2.45. The van der Waals surface area contributed by atoms with Gasteiger partial charge in [0.25, 0.3) is 0 Å². The molecular formula is C39H38N2O12. The molecule has 1 fully saturated rings. The van der Waals surface area contributed by atoms with E-state index in [4.69, 9.17) is 25.7 Å². The van der Waals surface area contributed by atoms with Crippen molar-refractivity contribution in [3.05, 3.63) is 122 Å². The third-order valence-corrected chi connectivity index (χ3v) is 9.25. The highest BCUT2D eigenvalue weighted by Gasteiger charge is 2.54. The molecule has 1 aliphatic heterocycles. The molecule has 14 heteroatoms. The van der Waals surface area contributed by atoms with Crippen molar-refractivity contribution in [3.63, 3.8) is 0 Å². The largest absolute Gasteiger partial charge is 0.507 e. The Bertz CT molecular complexity index is 2130. The zero-order valence-electron chi connectivity index (χ0n) is 28.6.